The summed E-state index contributed by atoms with van der Waals surface area (Å²) in [5.41, 5.74) is 1.99. The van der Waals surface area contributed by atoms with Crippen molar-refractivity contribution in [2.45, 2.75) is 26.8 Å². The molecule has 0 aliphatic heterocycles. The summed E-state index contributed by atoms with van der Waals surface area (Å²) in [6.07, 6.45) is 0. The van der Waals surface area contributed by atoms with Crippen molar-refractivity contribution in [1.82, 2.24) is 10.5 Å². The molecule has 1 amide bonds. The van der Waals surface area contributed by atoms with Crippen molar-refractivity contribution in [1.29, 1.82) is 0 Å². The molecule has 0 bridgehead atoms. The van der Waals surface area contributed by atoms with Crippen LogP contribution in [0.15, 0.2) is 63.5 Å². The molecule has 7 heteroatoms. The Hall–Kier alpha value is -3.87. The van der Waals surface area contributed by atoms with Crippen molar-refractivity contribution in [2.24, 2.45) is 0 Å². The Bertz CT molecular complexity index is 1240. The number of ketones is 1. The van der Waals surface area contributed by atoms with Gasteiger partial charge in [-0.05, 0) is 32.9 Å². The van der Waals surface area contributed by atoms with Crippen LogP contribution in [0.3, 0.4) is 0 Å². The van der Waals surface area contributed by atoms with E-state index < -0.39 is 0 Å². The number of hydrogen-bond donors (Lipinski definition) is 1. The number of amides is 1. The smallest absolute Gasteiger partial charge is 0.258 e. The second kappa shape index (κ2) is 8.47. The molecule has 4 rings (SSSR count). The molecule has 0 aliphatic carbocycles. The number of furan rings is 1. The molecule has 0 saturated heterocycles. The second-order valence-electron chi connectivity index (χ2n) is 7.45. The van der Waals surface area contributed by atoms with Gasteiger partial charge in [-0.2, -0.15) is 0 Å². The molecule has 0 spiro atoms. The SMILES string of the molecule is Cc1onc(-c2ccccc2)c1C(=O)c1cc2cccc(OCC(=O)NC(C)C)c2o1. The quantitative estimate of drug-likeness (QED) is 0.443. The number of carbonyl (C=O) groups excluding carboxylic acids is 2. The normalized spacial score (nSPS) is 11.1. The molecule has 0 fully saturated rings. The van der Waals surface area contributed by atoms with Crippen LogP contribution in [-0.4, -0.2) is 29.5 Å². The average molecular weight is 418 g/mol. The summed E-state index contributed by atoms with van der Waals surface area (Å²) in [6, 6.07) is 16.3. The fraction of sp³-hybridized carbons (Fsp3) is 0.208. The lowest BCUT2D eigenvalue weighted by Crippen LogP contribution is -2.34. The predicted molar refractivity (Wildman–Crippen MR) is 115 cm³/mol. The van der Waals surface area contributed by atoms with E-state index in [0.717, 1.165) is 5.56 Å². The third kappa shape index (κ3) is 4.21. The molecular formula is C24H22N2O5. The maximum Gasteiger partial charge on any atom is 0.258 e. The molecule has 158 valence electrons. The van der Waals surface area contributed by atoms with E-state index in [2.05, 4.69) is 10.5 Å². The highest BCUT2D eigenvalue weighted by Crippen LogP contribution is 2.32. The Labute approximate surface area is 179 Å². The van der Waals surface area contributed by atoms with Crippen LogP contribution in [0.1, 0.15) is 35.7 Å². The fourth-order valence-electron chi connectivity index (χ4n) is 3.32. The lowest BCUT2D eigenvalue weighted by molar-refractivity contribution is -0.123. The fourth-order valence-corrected chi connectivity index (χ4v) is 3.32. The number of fused-ring (bicyclic) bond motifs is 1. The molecule has 0 saturated carbocycles. The molecular weight excluding hydrogens is 396 g/mol. The summed E-state index contributed by atoms with van der Waals surface area (Å²) < 4.78 is 16.8. The minimum Gasteiger partial charge on any atom is -0.480 e. The van der Waals surface area contributed by atoms with Gasteiger partial charge in [-0.1, -0.05) is 47.6 Å². The molecule has 2 aromatic carbocycles. The zero-order chi connectivity index (χ0) is 22.0. The van der Waals surface area contributed by atoms with E-state index in [1.165, 1.54) is 0 Å². The van der Waals surface area contributed by atoms with Crippen molar-refractivity contribution in [3.63, 3.8) is 0 Å². The van der Waals surface area contributed by atoms with Crippen molar-refractivity contribution < 1.29 is 23.3 Å². The standard InChI is InChI=1S/C24H22N2O5/c1-14(2)25-20(27)13-29-18-11-7-10-17-12-19(30-24(17)18)23(28)21-15(3)31-26-22(21)16-8-5-4-6-9-16/h4-12,14H,13H2,1-3H3,(H,25,27). The predicted octanol–water partition coefficient (Wildman–Crippen LogP) is 4.53. The molecule has 0 aliphatic rings. The lowest BCUT2D eigenvalue weighted by Gasteiger charge is -2.09. The molecule has 7 nitrogen and oxygen atoms in total. The summed E-state index contributed by atoms with van der Waals surface area (Å²) in [5.74, 6) is 0.368. The average Bonchev–Trinajstić information content (AvgIpc) is 3.36. The third-order valence-electron chi connectivity index (χ3n) is 4.68. The van der Waals surface area contributed by atoms with Gasteiger partial charge in [0.1, 0.15) is 11.5 Å². The molecule has 0 atom stereocenters. The van der Waals surface area contributed by atoms with E-state index in [4.69, 9.17) is 13.7 Å². The highest BCUT2D eigenvalue weighted by molar-refractivity contribution is 6.13. The zero-order valence-corrected chi connectivity index (χ0v) is 17.5. The zero-order valence-electron chi connectivity index (χ0n) is 17.5. The number of hydrogen-bond acceptors (Lipinski definition) is 6. The monoisotopic (exact) mass is 418 g/mol. The Morgan fingerprint density at radius 3 is 2.61 bits per heavy atom. The topological polar surface area (TPSA) is 94.6 Å². The number of ether oxygens (including phenoxy) is 1. The number of aryl methyl sites for hydroxylation is 1. The maximum atomic E-state index is 13.3. The summed E-state index contributed by atoms with van der Waals surface area (Å²) in [5, 5.41) is 7.53. The minimum atomic E-state index is -0.336. The van der Waals surface area contributed by atoms with Crippen LogP contribution < -0.4 is 10.1 Å². The second-order valence-corrected chi connectivity index (χ2v) is 7.45. The number of nitrogens with zero attached hydrogens (tertiary/aromatic N) is 1. The molecule has 4 aromatic rings. The number of benzene rings is 2. The Morgan fingerprint density at radius 2 is 1.87 bits per heavy atom. The highest BCUT2D eigenvalue weighted by atomic mass is 16.5. The van der Waals surface area contributed by atoms with Gasteiger partial charge in [0.25, 0.3) is 5.91 Å². The van der Waals surface area contributed by atoms with Crippen molar-refractivity contribution in [3.05, 3.63) is 71.7 Å². The molecule has 0 unspecified atom stereocenters. The molecule has 2 aromatic heterocycles. The minimum absolute atomic E-state index is 0.0188. The lowest BCUT2D eigenvalue weighted by atomic mass is 10.0. The summed E-state index contributed by atoms with van der Waals surface area (Å²) in [6.45, 7) is 5.29. The van der Waals surface area contributed by atoms with Crippen LogP contribution in [-0.2, 0) is 4.79 Å². The highest BCUT2D eigenvalue weighted by Gasteiger charge is 2.26. The van der Waals surface area contributed by atoms with E-state index >= 15 is 0 Å². The largest absolute Gasteiger partial charge is 0.480 e. The molecule has 1 N–H and O–H groups in total. The van der Waals surface area contributed by atoms with Crippen molar-refractivity contribution in [2.75, 3.05) is 6.61 Å². The first-order chi connectivity index (χ1) is 14.9. The summed E-state index contributed by atoms with van der Waals surface area (Å²) in [4.78, 5) is 25.2. The van der Waals surface area contributed by atoms with Crippen molar-refractivity contribution >= 4 is 22.7 Å². The van der Waals surface area contributed by atoms with E-state index in [9.17, 15) is 9.59 Å². The van der Waals surface area contributed by atoms with E-state index in [0.29, 0.717) is 33.7 Å². The van der Waals surface area contributed by atoms with Crippen LogP contribution in [0.25, 0.3) is 22.2 Å². The molecule has 0 radical (unpaired) electrons. The third-order valence-corrected chi connectivity index (χ3v) is 4.68. The Kier molecular flexibility index (Phi) is 5.58. The Morgan fingerprint density at radius 1 is 1.10 bits per heavy atom. The van der Waals surface area contributed by atoms with Crippen LogP contribution in [0.5, 0.6) is 5.75 Å². The van der Waals surface area contributed by atoms with Gasteiger partial charge in [0.15, 0.2) is 23.7 Å². The van der Waals surface area contributed by atoms with E-state index in [1.807, 2.05) is 50.2 Å². The number of aromatic nitrogens is 1. The van der Waals surface area contributed by atoms with Gasteiger partial charge in [0.05, 0.1) is 5.56 Å². The number of carbonyl (C=O) groups is 2. The van der Waals surface area contributed by atoms with Crippen LogP contribution in [0.4, 0.5) is 0 Å². The number of nitrogens with one attached hydrogen (secondary N) is 1. The van der Waals surface area contributed by atoms with Gasteiger partial charge in [-0.25, -0.2) is 0 Å². The first-order valence-corrected chi connectivity index (χ1v) is 9.95. The van der Waals surface area contributed by atoms with E-state index in [-0.39, 0.29) is 30.1 Å². The summed E-state index contributed by atoms with van der Waals surface area (Å²) in [7, 11) is 0. The number of para-hydroxylation sites is 1. The molecule has 2 heterocycles. The molecule has 31 heavy (non-hydrogen) atoms. The van der Waals surface area contributed by atoms with Gasteiger partial charge in [-0.15, -0.1) is 0 Å². The van der Waals surface area contributed by atoms with Gasteiger partial charge < -0.3 is 19.0 Å². The van der Waals surface area contributed by atoms with Gasteiger partial charge >= 0.3 is 0 Å². The first-order valence-electron chi connectivity index (χ1n) is 9.95. The van der Waals surface area contributed by atoms with Gasteiger partial charge in [0, 0.05) is 17.0 Å². The Balaban J connectivity index is 1.65. The number of rotatable bonds is 7. The maximum absolute atomic E-state index is 13.3. The van der Waals surface area contributed by atoms with Gasteiger partial charge in [0.2, 0.25) is 5.78 Å². The van der Waals surface area contributed by atoms with Crippen LogP contribution in [0, 0.1) is 6.92 Å². The van der Waals surface area contributed by atoms with Crippen LogP contribution >= 0.6 is 0 Å². The van der Waals surface area contributed by atoms with Crippen molar-refractivity contribution in [3.8, 4) is 17.0 Å². The van der Waals surface area contributed by atoms with E-state index in [1.54, 1.807) is 25.1 Å². The summed E-state index contributed by atoms with van der Waals surface area (Å²) >= 11 is 0. The van der Waals surface area contributed by atoms with Gasteiger partial charge in [-0.3, -0.25) is 9.59 Å². The first kappa shape index (κ1) is 20.4. The van der Waals surface area contributed by atoms with Crippen LogP contribution in [0.2, 0.25) is 0 Å².